The summed E-state index contributed by atoms with van der Waals surface area (Å²) >= 11 is 11.4. The fourth-order valence-electron chi connectivity index (χ4n) is 1.32. The van der Waals surface area contributed by atoms with Gasteiger partial charge < -0.3 is 10.4 Å². The summed E-state index contributed by atoms with van der Waals surface area (Å²) in [7, 11) is 0. The number of aliphatic carboxylic acids is 1. The lowest BCUT2D eigenvalue weighted by molar-refractivity contribution is -0.137. The monoisotopic (exact) mass is 290 g/mol. The fourth-order valence-corrected chi connectivity index (χ4v) is 1.78. The summed E-state index contributed by atoms with van der Waals surface area (Å²) in [6, 6.07) is 2.54. The first-order chi connectivity index (χ1) is 8.38. The second kappa shape index (κ2) is 6.56. The molecule has 1 aromatic heterocycles. The maximum atomic E-state index is 11.8. The Bertz CT molecular complexity index is 445. The van der Waals surface area contributed by atoms with Crippen LogP contribution >= 0.6 is 23.2 Å². The average Bonchev–Trinajstić information content (AvgIpc) is 2.25. The van der Waals surface area contributed by atoms with Crippen LogP contribution in [-0.4, -0.2) is 28.0 Å². The molecule has 1 heterocycles. The van der Waals surface area contributed by atoms with E-state index in [2.05, 4.69) is 10.3 Å². The number of carbonyl (C=O) groups is 2. The van der Waals surface area contributed by atoms with Gasteiger partial charge in [0.05, 0.1) is 0 Å². The lowest BCUT2D eigenvalue weighted by Gasteiger charge is -2.12. The van der Waals surface area contributed by atoms with Gasteiger partial charge >= 0.3 is 5.97 Å². The molecule has 0 aromatic carbocycles. The summed E-state index contributed by atoms with van der Waals surface area (Å²) in [6.45, 7) is 1.73. The third-order valence-corrected chi connectivity index (χ3v) is 2.58. The number of hydrogen-bond donors (Lipinski definition) is 2. The van der Waals surface area contributed by atoms with E-state index in [1.165, 1.54) is 12.1 Å². The van der Waals surface area contributed by atoms with E-state index in [1.54, 1.807) is 6.92 Å². The molecule has 98 valence electrons. The van der Waals surface area contributed by atoms with E-state index in [-0.39, 0.29) is 28.7 Å². The highest BCUT2D eigenvalue weighted by Gasteiger charge is 2.12. The van der Waals surface area contributed by atoms with Crippen molar-refractivity contribution in [2.24, 2.45) is 0 Å². The molecular weight excluding hydrogens is 279 g/mol. The number of halogens is 2. The first-order valence-corrected chi connectivity index (χ1v) is 6.00. The topological polar surface area (TPSA) is 79.3 Å². The molecule has 0 aliphatic heterocycles. The predicted molar refractivity (Wildman–Crippen MR) is 68.1 cm³/mol. The summed E-state index contributed by atoms with van der Waals surface area (Å²) in [5.41, 5.74) is 0.294. The van der Waals surface area contributed by atoms with E-state index in [0.29, 0.717) is 12.0 Å². The average molecular weight is 291 g/mol. The van der Waals surface area contributed by atoms with Gasteiger partial charge in [0, 0.05) is 18.0 Å². The van der Waals surface area contributed by atoms with Crippen LogP contribution in [0.25, 0.3) is 0 Å². The Kier molecular flexibility index (Phi) is 5.37. The molecule has 1 rings (SSSR count). The molecule has 0 saturated carbocycles. The van der Waals surface area contributed by atoms with Gasteiger partial charge in [0.15, 0.2) is 0 Å². The number of amides is 1. The molecular formula is C11H12Cl2N2O3. The van der Waals surface area contributed by atoms with E-state index < -0.39 is 5.97 Å². The van der Waals surface area contributed by atoms with Crippen LogP contribution in [-0.2, 0) is 4.79 Å². The highest BCUT2D eigenvalue weighted by Crippen LogP contribution is 2.14. The number of nitrogens with one attached hydrogen (secondary N) is 1. The van der Waals surface area contributed by atoms with E-state index in [9.17, 15) is 9.59 Å². The number of carboxylic acids is 1. The molecule has 1 atom stereocenters. The molecule has 18 heavy (non-hydrogen) atoms. The number of carbonyl (C=O) groups excluding carboxylic acids is 1. The highest BCUT2D eigenvalue weighted by molar-refractivity contribution is 6.33. The van der Waals surface area contributed by atoms with Gasteiger partial charge in [-0.25, -0.2) is 4.98 Å². The quantitative estimate of drug-likeness (QED) is 0.816. The normalized spacial score (nSPS) is 11.9. The zero-order valence-corrected chi connectivity index (χ0v) is 11.1. The first-order valence-electron chi connectivity index (χ1n) is 5.24. The lowest BCUT2D eigenvalue weighted by Crippen LogP contribution is -2.33. The minimum absolute atomic E-state index is 0.000690. The molecule has 0 aliphatic carbocycles. The predicted octanol–water partition coefficient (Wildman–Crippen LogP) is 2.37. The number of hydrogen-bond acceptors (Lipinski definition) is 3. The number of nitrogens with zero attached hydrogens (tertiary/aromatic N) is 1. The van der Waals surface area contributed by atoms with Crippen molar-refractivity contribution in [2.75, 3.05) is 0 Å². The second-order valence-corrected chi connectivity index (χ2v) is 4.58. The van der Waals surface area contributed by atoms with Crippen molar-refractivity contribution in [1.29, 1.82) is 0 Å². The van der Waals surface area contributed by atoms with Crippen LogP contribution in [0.3, 0.4) is 0 Å². The van der Waals surface area contributed by atoms with Crippen LogP contribution in [0.5, 0.6) is 0 Å². The van der Waals surface area contributed by atoms with E-state index in [1.807, 2.05) is 0 Å². The summed E-state index contributed by atoms with van der Waals surface area (Å²) in [4.78, 5) is 25.9. The fraction of sp³-hybridized carbons (Fsp3) is 0.364. The number of aromatic nitrogens is 1. The van der Waals surface area contributed by atoms with Gasteiger partial charge in [0.1, 0.15) is 10.3 Å². The van der Waals surface area contributed by atoms with Crippen LogP contribution < -0.4 is 5.32 Å². The molecule has 0 bridgehead atoms. The van der Waals surface area contributed by atoms with E-state index >= 15 is 0 Å². The maximum absolute atomic E-state index is 11.8. The van der Waals surface area contributed by atoms with Gasteiger partial charge in [0.25, 0.3) is 5.91 Å². The van der Waals surface area contributed by atoms with Gasteiger partial charge in [-0.3, -0.25) is 9.59 Å². The zero-order chi connectivity index (χ0) is 13.7. The summed E-state index contributed by atoms with van der Waals surface area (Å²) < 4.78 is 0. The van der Waals surface area contributed by atoms with Crippen molar-refractivity contribution >= 4 is 35.1 Å². The molecule has 0 aliphatic rings. The van der Waals surface area contributed by atoms with Gasteiger partial charge in [-0.05, 0) is 25.5 Å². The standard InChI is InChI=1S/C11H12Cl2N2O3/c1-6(2-3-10(16)17)14-11(18)7-4-8(12)15-9(13)5-7/h4-6H,2-3H2,1H3,(H,14,18)(H,16,17). The summed E-state index contributed by atoms with van der Waals surface area (Å²) in [5, 5.41) is 11.4. The van der Waals surface area contributed by atoms with Gasteiger partial charge in [-0.15, -0.1) is 0 Å². The molecule has 0 saturated heterocycles. The third kappa shape index (κ3) is 4.89. The van der Waals surface area contributed by atoms with Crippen molar-refractivity contribution in [3.05, 3.63) is 28.0 Å². The Morgan fingerprint density at radius 2 is 1.94 bits per heavy atom. The SMILES string of the molecule is CC(CCC(=O)O)NC(=O)c1cc(Cl)nc(Cl)c1. The minimum atomic E-state index is -0.897. The minimum Gasteiger partial charge on any atom is -0.481 e. The van der Waals surface area contributed by atoms with Crippen molar-refractivity contribution < 1.29 is 14.7 Å². The molecule has 0 spiro atoms. The Hall–Kier alpha value is -1.33. The van der Waals surface area contributed by atoms with Crippen molar-refractivity contribution in [2.45, 2.75) is 25.8 Å². The first kappa shape index (κ1) is 14.7. The Balaban J connectivity index is 2.61. The van der Waals surface area contributed by atoms with E-state index in [4.69, 9.17) is 28.3 Å². The lowest BCUT2D eigenvalue weighted by atomic mass is 10.1. The molecule has 2 N–H and O–H groups in total. The largest absolute Gasteiger partial charge is 0.481 e. The van der Waals surface area contributed by atoms with Gasteiger partial charge in [-0.1, -0.05) is 23.2 Å². The highest BCUT2D eigenvalue weighted by atomic mass is 35.5. The maximum Gasteiger partial charge on any atom is 0.303 e. The number of rotatable bonds is 5. The molecule has 1 unspecified atom stereocenters. The van der Waals surface area contributed by atoms with Crippen LogP contribution in [0.2, 0.25) is 10.3 Å². The summed E-state index contributed by atoms with van der Waals surface area (Å²) in [5.74, 6) is -1.26. The third-order valence-electron chi connectivity index (χ3n) is 2.19. The van der Waals surface area contributed by atoms with E-state index in [0.717, 1.165) is 0 Å². The molecule has 1 amide bonds. The molecule has 1 aromatic rings. The molecule has 5 nitrogen and oxygen atoms in total. The van der Waals surface area contributed by atoms with Gasteiger partial charge in [-0.2, -0.15) is 0 Å². The Morgan fingerprint density at radius 3 is 2.44 bits per heavy atom. The Labute approximate surface area is 114 Å². The zero-order valence-electron chi connectivity index (χ0n) is 9.61. The van der Waals surface area contributed by atoms with Gasteiger partial charge in [0.2, 0.25) is 0 Å². The number of carboxylic acid groups (broad SMARTS) is 1. The summed E-state index contributed by atoms with van der Waals surface area (Å²) in [6.07, 6.45) is 0.354. The van der Waals surface area contributed by atoms with Crippen LogP contribution in [0.1, 0.15) is 30.1 Å². The Morgan fingerprint density at radius 1 is 1.39 bits per heavy atom. The molecule has 7 heteroatoms. The van der Waals surface area contributed by atoms with Crippen LogP contribution in [0.4, 0.5) is 0 Å². The molecule has 0 radical (unpaired) electrons. The van der Waals surface area contributed by atoms with Crippen LogP contribution in [0.15, 0.2) is 12.1 Å². The second-order valence-electron chi connectivity index (χ2n) is 3.81. The van der Waals surface area contributed by atoms with Crippen molar-refractivity contribution in [3.63, 3.8) is 0 Å². The molecule has 0 fully saturated rings. The number of pyridine rings is 1. The smallest absolute Gasteiger partial charge is 0.303 e. The van der Waals surface area contributed by atoms with Crippen molar-refractivity contribution in [1.82, 2.24) is 10.3 Å². The van der Waals surface area contributed by atoms with Crippen molar-refractivity contribution in [3.8, 4) is 0 Å². The van der Waals surface area contributed by atoms with Crippen LogP contribution in [0, 0.1) is 0 Å².